The average molecular weight is 512 g/mol. The van der Waals surface area contributed by atoms with Gasteiger partial charge in [0.15, 0.2) is 5.15 Å². The lowest BCUT2D eigenvalue weighted by Crippen LogP contribution is -2.40. The standard InChI is InChI=1S/C30H26ClN3O3/c1-37-24-17-33-29(31)27-26(24)23(16-32-27)28(35)30(36)34-14-12-20(13-15-34)25-21-8-4-2-6-18(21)10-11-19-7-3-5-9-22(19)25/h2-9,16-17,32H,10-15H2,1H3. The quantitative estimate of drug-likeness (QED) is 0.220. The van der Waals surface area contributed by atoms with Crippen LogP contribution in [0.3, 0.4) is 0 Å². The van der Waals surface area contributed by atoms with Crippen molar-refractivity contribution in [2.24, 2.45) is 0 Å². The van der Waals surface area contributed by atoms with Gasteiger partial charge in [-0.3, -0.25) is 9.59 Å². The number of aromatic nitrogens is 2. The van der Waals surface area contributed by atoms with Gasteiger partial charge in [-0.15, -0.1) is 0 Å². The molecule has 7 heteroatoms. The highest BCUT2D eigenvalue weighted by atomic mass is 35.5. The highest BCUT2D eigenvalue weighted by Crippen LogP contribution is 2.39. The predicted octanol–water partition coefficient (Wildman–Crippen LogP) is 5.63. The maximum absolute atomic E-state index is 13.3. The summed E-state index contributed by atoms with van der Waals surface area (Å²) in [6, 6.07) is 17.3. The number of hydrogen-bond acceptors (Lipinski definition) is 4. The van der Waals surface area contributed by atoms with Gasteiger partial charge in [-0.25, -0.2) is 4.98 Å². The number of piperidine rings is 1. The van der Waals surface area contributed by atoms with E-state index >= 15 is 0 Å². The summed E-state index contributed by atoms with van der Waals surface area (Å²) < 4.78 is 5.38. The molecule has 1 fully saturated rings. The molecule has 3 heterocycles. The third kappa shape index (κ3) is 4.02. The molecule has 37 heavy (non-hydrogen) atoms. The zero-order valence-electron chi connectivity index (χ0n) is 20.5. The molecule has 6 nitrogen and oxygen atoms in total. The van der Waals surface area contributed by atoms with Gasteiger partial charge >= 0.3 is 0 Å². The van der Waals surface area contributed by atoms with Crippen molar-refractivity contribution >= 4 is 39.8 Å². The largest absolute Gasteiger partial charge is 0.494 e. The van der Waals surface area contributed by atoms with E-state index < -0.39 is 11.7 Å². The van der Waals surface area contributed by atoms with Crippen LogP contribution in [0.5, 0.6) is 5.75 Å². The molecule has 4 aromatic rings. The van der Waals surface area contributed by atoms with E-state index in [2.05, 4.69) is 58.5 Å². The normalized spacial score (nSPS) is 15.2. The number of likely N-dealkylation sites (tertiary alicyclic amines) is 1. The summed E-state index contributed by atoms with van der Waals surface area (Å²) in [6.45, 7) is 0.991. The number of nitrogens with one attached hydrogen (secondary N) is 1. The topological polar surface area (TPSA) is 75.3 Å². The van der Waals surface area contributed by atoms with Crippen LogP contribution < -0.4 is 4.74 Å². The number of aryl methyl sites for hydroxylation is 2. The van der Waals surface area contributed by atoms with Crippen molar-refractivity contribution in [1.29, 1.82) is 0 Å². The molecule has 0 bridgehead atoms. The van der Waals surface area contributed by atoms with Gasteiger partial charge < -0.3 is 14.6 Å². The molecule has 6 rings (SSSR count). The van der Waals surface area contributed by atoms with Crippen molar-refractivity contribution in [2.45, 2.75) is 25.7 Å². The molecule has 0 spiro atoms. The maximum atomic E-state index is 13.3. The molecule has 0 atom stereocenters. The number of H-pyrrole nitrogens is 1. The van der Waals surface area contributed by atoms with Crippen molar-refractivity contribution in [3.8, 4) is 5.75 Å². The van der Waals surface area contributed by atoms with E-state index in [0.29, 0.717) is 29.7 Å². The Morgan fingerprint density at radius 2 is 1.57 bits per heavy atom. The van der Waals surface area contributed by atoms with Gasteiger partial charge in [0.1, 0.15) is 5.75 Å². The lowest BCUT2D eigenvalue weighted by atomic mass is 9.86. The molecule has 1 N–H and O–H groups in total. The Hall–Kier alpha value is -3.90. The number of pyridine rings is 1. The van der Waals surface area contributed by atoms with Gasteiger partial charge in [-0.1, -0.05) is 65.7 Å². The molecule has 0 saturated carbocycles. The number of amides is 1. The van der Waals surface area contributed by atoms with E-state index in [1.165, 1.54) is 52.9 Å². The van der Waals surface area contributed by atoms with Crippen LogP contribution in [-0.4, -0.2) is 46.8 Å². The Morgan fingerprint density at radius 3 is 2.19 bits per heavy atom. The molecule has 2 aromatic carbocycles. The Morgan fingerprint density at radius 1 is 0.946 bits per heavy atom. The third-order valence-electron chi connectivity index (χ3n) is 7.53. The number of ether oxygens (including phenoxy) is 1. The minimum atomic E-state index is -0.576. The molecule has 0 radical (unpaired) electrons. The minimum Gasteiger partial charge on any atom is -0.494 e. The molecule has 0 unspecified atom stereocenters. The van der Waals surface area contributed by atoms with Crippen LogP contribution in [0.2, 0.25) is 5.15 Å². The number of halogens is 1. The number of nitrogens with zero attached hydrogens (tertiary/aromatic N) is 2. The van der Waals surface area contributed by atoms with Gasteiger partial charge in [0, 0.05) is 19.3 Å². The van der Waals surface area contributed by atoms with E-state index in [9.17, 15) is 9.59 Å². The predicted molar refractivity (Wildman–Crippen MR) is 144 cm³/mol. The van der Waals surface area contributed by atoms with Crippen LogP contribution in [0.1, 0.15) is 45.5 Å². The highest BCUT2D eigenvalue weighted by Gasteiger charge is 2.31. The lowest BCUT2D eigenvalue weighted by Gasteiger charge is -2.30. The second-order valence-electron chi connectivity index (χ2n) is 9.48. The Labute approximate surface area is 219 Å². The van der Waals surface area contributed by atoms with Crippen molar-refractivity contribution in [3.63, 3.8) is 0 Å². The molecule has 1 saturated heterocycles. The fourth-order valence-electron chi connectivity index (χ4n) is 5.67. The fourth-order valence-corrected chi connectivity index (χ4v) is 5.87. The first-order valence-electron chi connectivity index (χ1n) is 12.5. The summed E-state index contributed by atoms with van der Waals surface area (Å²) in [7, 11) is 1.50. The van der Waals surface area contributed by atoms with Crippen molar-refractivity contribution in [3.05, 3.63) is 99.5 Å². The second kappa shape index (κ2) is 9.52. The van der Waals surface area contributed by atoms with Gasteiger partial charge in [-0.2, -0.15) is 0 Å². The molecule has 1 aliphatic carbocycles. The van der Waals surface area contributed by atoms with E-state index in [1.807, 2.05) is 0 Å². The van der Waals surface area contributed by atoms with Crippen LogP contribution in [0, 0.1) is 0 Å². The number of carbonyl (C=O) groups excluding carboxylic acids is 2. The summed E-state index contributed by atoms with van der Waals surface area (Å²) in [6.07, 6.45) is 6.45. The number of Topliss-reactive ketones (excluding diaryl/α,β-unsaturated/α-hetero) is 1. The Bertz CT molecular complexity index is 1530. The summed E-state index contributed by atoms with van der Waals surface area (Å²) >= 11 is 6.20. The maximum Gasteiger partial charge on any atom is 0.295 e. The van der Waals surface area contributed by atoms with Crippen LogP contribution in [0.15, 0.2) is 66.5 Å². The van der Waals surface area contributed by atoms with E-state index in [1.54, 1.807) is 4.90 Å². The molecular formula is C30H26ClN3O3. The number of fused-ring (bicyclic) bond motifs is 3. The van der Waals surface area contributed by atoms with Gasteiger partial charge in [0.25, 0.3) is 11.7 Å². The number of methoxy groups -OCH3 is 1. The van der Waals surface area contributed by atoms with Gasteiger partial charge in [-0.05, 0) is 53.5 Å². The average Bonchev–Trinajstić information content (AvgIpc) is 3.32. The molecule has 1 amide bonds. The van der Waals surface area contributed by atoms with E-state index in [0.717, 1.165) is 25.7 Å². The SMILES string of the molecule is COc1cnc(Cl)c2[nH]cc(C(=O)C(=O)N3CCC(=C4c5ccccc5CCc5ccccc54)CC3)c12. The first kappa shape index (κ1) is 23.5. The van der Waals surface area contributed by atoms with Crippen molar-refractivity contribution in [1.82, 2.24) is 14.9 Å². The lowest BCUT2D eigenvalue weighted by molar-refractivity contribution is -0.126. The number of benzene rings is 2. The summed E-state index contributed by atoms with van der Waals surface area (Å²) in [4.78, 5) is 35.3. The van der Waals surface area contributed by atoms with Gasteiger partial charge in [0.2, 0.25) is 0 Å². The number of ketones is 1. The first-order valence-corrected chi connectivity index (χ1v) is 12.9. The van der Waals surface area contributed by atoms with Gasteiger partial charge in [0.05, 0.1) is 29.8 Å². The monoisotopic (exact) mass is 511 g/mol. The van der Waals surface area contributed by atoms with Crippen molar-refractivity contribution in [2.75, 3.05) is 20.2 Å². The summed E-state index contributed by atoms with van der Waals surface area (Å²) in [5.74, 6) is -0.692. The fraction of sp³-hybridized carbons (Fsp3) is 0.233. The van der Waals surface area contributed by atoms with Crippen LogP contribution in [-0.2, 0) is 17.6 Å². The third-order valence-corrected chi connectivity index (χ3v) is 7.82. The molecule has 1 aliphatic heterocycles. The van der Waals surface area contributed by atoms with Crippen molar-refractivity contribution < 1.29 is 14.3 Å². The molecule has 186 valence electrons. The summed E-state index contributed by atoms with van der Waals surface area (Å²) in [5.41, 5.74) is 8.65. The Kier molecular flexibility index (Phi) is 6.05. The molecule has 2 aliphatic rings. The Balaban J connectivity index is 1.30. The minimum absolute atomic E-state index is 0.223. The first-order chi connectivity index (χ1) is 18.1. The zero-order chi connectivity index (χ0) is 25.5. The van der Waals surface area contributed by atoms with Crippen LogP contribution >= 0.6 is 11.6 Å². The zero-order valence-corrected chi connectivity index (χ0v) is 21.3. The molecular weight excluding hydrogens is 486 g/mol. The number of carbonyl (C=O) groups is 2. The number of aromatic amines is 1. The van der Waals surface area contributed by atoms with Crippen LogP contribution in [0.4, 0.5) is 0 Å². The number of rotatable bonds is 3. The van der Waals surface area contributed by atoms with E-state index in [-0.39, 0.29) is 10.7 Å². The molecule has 2 aromatic heterocycles. The number of hydrogen-bond donors (Lipinski definition) is 1. The van der Waals surface area contributed by atoms with E-state index in [4.69, 9.17) is 16.3 Å². The summed E-state index contributed by atoms with van der Waals surface area (Å²) in [5, 5.41) is 0.702. The van der Waals surface area contributed by atoms with Crippen LogP contribution in [0.25, 0.3) is 16.5 Å². The second-order valence-corrected chi connectivity index (χ2v) is 9.84. The highest BCUT2D eigenvalue weighted by molar-refractivity contribution is 6.45. The smallest absolute Gasteiger partial charge is 0.295 e.